The molecule has 1 fully saturated rings. The maximum Gasteiger partial charge on any atom is 0.326 e. The van der Waals surface area contributed by atoms with Crippen LogP contribution in [0.5, 0.6) is 0 Å². The SMILES string of the molecule is COCC1(C(=O)O)CCCN1Cc1ccc2cn[nH]c2c1. The summed E-state index contributed by atoms with van der Waals surface area (Å²) in [6.45, 7) is 1.59. The first-order valence-electron chi connectivity index (χ1n) is 7.05. The Bertz CT molecular complexity index is 654. The lowest BCUT2D eigenvalue weighted by molar-refractivity contribution is -0.153. The maximum absolute atomic E-state index is 11.7. The Morgan fingerprint density at radius 3 is 3.19 bits per heavy atom. The number of nitrogens with zero attached hydrogens (tertiary/aromatic N) is 2. The summed E-state index contributed by atoms with van der Waals surface area (Å²) in [5, 5.41) is 17.7. The van der Waals surface area contributed by atoms with Crippen molar-refractivity contribution in [3.63, 3.8) is 0 Å². The standard InChI is InChI=1S/C15H19N3O3/c1-21-10-15(14(19)20)5-2-6-18(15)9-11-3-4-12-8-16-17-13(12)7-11/h3-4,7-8H,2,5-6,9-10H2,1H3,(H,16,17)(H,19,20). The fourth-order valence-corrected chi connectivity index (χ4v) is 3.17. The number of aliphatic carboxylic acids is 1. The molecule has 1 aromatic heterocycles. The monoisotopic (exact) mass is 289 g/mol. The molecule has 0 aliphatic carbocycles. The topological polar surface area (TPSA) is 78.5 Å². The lowest BCUT2D eigenvalue weighted by Gasteiger charge is -2.34. The third-order valence-corrected chi connectivity index (χ3v) is 4.28. The molecule has 0 spiro atoms. The summed E-state index contributed by atoms with van der Waals surface area (Å²) < 4.78 is 5.18. The van der Waals surface area contributed by atoms with Crippen LogP contribution in [0.15, 0.2) is 24.4 Å². The number of benzene rings is 1. The van der Waals surface area contributed by atoms with Gasteiger partial charge in [-0.1, -0.05) is 12.1 Å². The molecule has 6 heteroatoms. The molecule has 21 heavy (non-hydrogen) atoms. The average Bonchev–Trinajstić information content (AvgIpc) is 3.07. The summed E-state index contributed by atoms with van der Waals surface area (Å²) in [4.78, 5) is 13.8. The zero-order valence-corrected chi connectivity index (χ0v) is 12.0. The molecule has 6 nitrogen and oxygen atoms in total. The van der Waals surface area contributed by atoms with Crippen molar-refractivity contribution in [3.05, 3.63) is 30.0 Å². The first-order valence-corrected chi connectivity index (χ1v) is 7.05. The fourth-order valence-electron chi connectivity index (χ4n) is 3.17. The number of aromatic nitrogens is 2. The summed E-state index contributed by atoms with van der Waals surface area (Å²) in [6, 6.07) is 6.05. The largest absolute Gasteiger partial charge is 0.480 e. The summed E-state index contributed by atoms with van der Waals surface area (Å²) in [5.41, 5.74) is 1.15. The van der Waals surface area contributed by atoms with Gasteiger partial charge >= 0.3 is 5.97 Å². The minimum absolute atomic E-state index is 0.217. The molecule has 2 aromatic rings. The number of hydrogen-bond donors (Lipinski definition) is 2. The van der Waals surface area contributed by atoms with E-state index in [4.69, 9.17) is 4.74 Å². The molecule has 112 valence electrons. The normalized spacial score (nSPS) is 22.9. The molecule has 1 atom stereocenters. The number of carboxylic acids is 1. The molecule has 1 unspecified atom stereocenters. The quantitative estimate of drug-likeness (QED) is 0.874. The van der Waals surface area contributed by atoms with E-state index in [0.717, 1.165) is 29.4 Å². The number of H-pyrrole nitrogens is 1. The average molecular weight is 289 g/mol. The summed E-state index contributed by atoms with van der Waals surface area (Å²) in [5.74, 6) is -0.801. The van der Waals surface area contributed by atoms with Gasteiger partial charge in [-0.25, -0.2) is 0 Å². The molecule has 0 radical (unpaired) electrons. The molecule has 1 saturated heterocycles. The lowest BCUT2D eigenvalue weighted by Crippen LogP contribution is -2.53. The van der Waals surface area contributed by atoms with Crippen LogP contribution in [0.1, 0.15) is 18.4 Å². The number of ether oxygens (including phenoxy) is 1. The van der Waals surface area contributed by atoms with Crippen molar-refractivity contribution in [2.75, 3.05) is 20.3 Å². The van der Waals surface area contributed by atoms with Crippen LogP contribution in [0, 0.1) is 0 Å². The second-order valence-corrected chi connectivity index (χ2v) is 5.59. The number of carbonyl (C=O) groups is 1. The van der Waals surface area contributed by atoms with E-state index in [1.807, 2.05) is 23.1 Å². The van der Waals surface area contributed by atoms with E-state index in [9.17, 15) is 9.90 Å². The minimum Gasteiger partial charge on any atom is -0.480 e. The van der Waals surface area contributed by atoms with Crippen molar-refractivity contribution < 1.29 is 14.6 Å². The van der Waals surface area contributed by atoms with Crippen LogP contribution in [0.2, 0.25) is 0 Å². The van der Waals surface area contributed by atoms with Crippen LogP contribution in [-0.4, -0.2) is 52.0 Å². The van der Waals surface area contributed by atoms with Crippen molar-refractivity contribution in [1.29, 1.82) is 0 Å². The van der Waals surface area contributed by atoms with Gasteiger partial charge in [0, 0.05) is 19.0 Å². The molecule has 2 N–H and O–H groups in total. The van der Waals surface area contributed by atoms with Crippen LogP contribution in [0.4, 0.5) is 0 Å². The highest BCUT2D eigenvalue weighted by atomic mass is 16.5. The van der Waals surface area contributed by atoms with E-state index in [1.165, 1.54) is 0 Å². The molecule has 0 bridgehead atoms. The van der Waals surface area contributed by atoms with Crippen molar-refractivity contribution >= 4 is 16.9 Å². The molecule has 1 aliphatic heterocycles. The van der Waals surface area contributed by atoms with Gasteiger partial charge < -0.3 is 9.84 Å². The Morgan fingerprint density at radius 1 is 1.57 bits per heavy atom. The highest BCUT2D eigenvalue weighted by Crippen LogP contribution is 2.32. The molecule has 0 amide bonds. The first kappa shape index (κ1) is 14.0. The summed E-state index contributed by atoms with van der Waals surface area (Å²) in [7, 11) is 1.55. The number of hydrogen-bond acceptors (Lipinski definition) is 4. The highest BCUT2D eigenvalue weighted by molar-refractivity contribution is 5.80. The minimum atomic E-state index is -0.905. The van der Waals surface area contributed by atoms with Gasteiger partial charge in [-0.15, -0.1) is 0 Å². The first-order chi connectivity index (χ1) is 10.2. The Morgan fingerprint density at radius 2 is 2.43 bits per heavy atom. The smallest absolute Gasteiger partial charge is 0.326 e. The molecule has 1 aromatic carbocycles. The van der Waals surface area contributed by atoms with Gasteiger partial charge in [-0.3, -0.25) is 14.8 Å². The Kier molecular flexibility index (Phi) is 3.65. The third-order valence-electron chi connectivity index (χ3n) is 4.28. The Hall–Kier alpha value is -1.92. The zero-order chi connectivity index (χ0) is 14.9. The number of aromatic amines is 1. The van der Waals surface area contributed by atoms with Crippen molar-refractivity contribution in [1.82, 2.24) is 15.1 Å². The number of methoxy groups -OCH3 is 1. The van der Waals surface area contributed by atoms with Gasteiger partial charge in [0.1, 0.15) is 5.54 Å². The van der Waals surface area contributed by atoms with Crippen LogP contribution in [-0.2, 0) is 16.1 Å². The van der Waals surface area contributed by atoms with Gasteiger partial charge in [-0.05, 0) is 31.0 Å². The van der Waals surface area contributed by atoms with Crippen LogP contribution in [0.25, 0.3) is 10.9 Å². The second-order valence-electron chi connectivity index (χ2n) is 5.59. The molecular formula is C15H19N3O3. The number of rotatable bonds is 5. The van der Waals surface area contributed by atoms with Crippen LogP contribution in [0.3, 0.4) is 0 Å². The maximum atomic E-state index is 11.7. The van der Waals surface area contributed by atoms with Crippen LogP contribution >= 0.6 is 0 Å². The third kappa shape index (κ3) is 2.41. The molecule has 1 aliphatic rings. The predicted molar refractivity (Wildman–Crippen MR) is 78.0 cm³/mol. The number of likely N-dealkylation sites (tertiary alicyclic amines) is 1. The van der Waals surface area contributed by atoms with E-state index in [-0.39, 0.29) is 6.61 Å². The molecule has 2 heterocycles. The highest BCUT2D eigenvalue weighted by Gasteiger charge is 2.47. The summed E-state index contributed by atoms with van der Waals surface area (Å²) >= 11 is 0. The van der Waals surface area contributed by atoms with E-state index in [1.54, 1.807) is 13.3 Å². The zero-order valence-electron chi connectivity index (χ0n) is 12.0. The van der Waals surface area contributed by atoms with E-state index in [2.05, 4.69) is 10.2 Å². The molecule has 0 saturated carbocycles. The number of nitrogens with one attached hydrogen (secondary N) is 1. The van der Waals surface area contributed by atoms with E-state index >= 15 is 0 Å². The van der Waals surface area contributed by atoms with Gasteiger partial charge in [0.05, 0.1) is 18.3 Å². The predicted octanol–water partition coefficient (Wildman–Crippen LogP) is 1.63. The van der Waals surface area contributed by atoms with E-state index < -0.39 is 11.5 Å². The Balaban J connectivity index is 1.86. The fraction of sp³-hybridized carbons (Fsp3) is 0.467. The van der Waals surface area contributed by atoms with E-state index in [0.29, 0.717) is 13.0 Å². The number of carboxylic acid groups (broad SMARTS) is 1. The van der Waals surface area contributed by atoms with Crippen molar-refractivity contribution in [2.45, 2.75) is 24.9 Å². The van der Waals surface area contributed by atoms with Crippen molar-refractivity contribution in [2.24, 2.45) is 0 Å². The van der Waals surface area contributed by atoms with Gasteiger partial charge in [-0.2, -0.15) is 5.10 Å². The summed E-state index contributed by atoms with van der Waals surface area (Å²) in [6.07, 6.45) is 3.28. The van der Waals surface area contributed by atoms with Crippen LogP contribution < -0.4 is 0 Å². The number of fused-ring (bicyclic) bond motifs is 1. The van der Waals surface area contributed by atoms with Gasteiger partial charge in [0.15, 0.2) is 0 Å². The molecule has 3 rings (SSSR count). The lowest BCUT2D eigenvalue weighted by atomic mass is 9.97. The Labute approximate surface area is 122 Å². The van der Waals surface area contributed by atoms with Gasteiger partial charge in [0.25, 0.3) is 0 Å². The van der Waals surface area contributed by atoms with Gasteiger partial charge in [0.2, 0.25) is 0 Å². The second kappa shape index (κ2) is 5.46. The molecular weight excluding hydrogens is 270 g/mol. The van der Waals surface area contributed by atoms with Crippen molar-refractivity contribution in [3.8, 4) is 0 Å².